The average molecular weight is 228 g/mol. The van der Waals surface area contributed by atoms with Crippen LogP contribution in [0.4, 0.5) is 5.69 Å². The zero-order chi connectivity index (χ0) is 11.4. The first-order valence-electron chi connectivity index (χ1n) is 5.90. The Morgan fingerprint density at radius 3 is 2.88 bits per heavy atom. The first-order chi connectivity index (χ1) is 7.74. The van der Waals surface area contributed by atoms with Crippen LogP contribution in [0.15, 0.2) is 24.3 Å². The monoisotopic (exact) mass is 228 g/mol. The fourth-order valence-corrected chi connectivity index (χ4v) is 1.88. The van der Waals surface area contributed by atoms with Crippen LogP contribution in [0.25, 0.3) is 0 Å². The van der Waals surface area contributed by atoms with E-state index in [2.05, 4.69) is 54.1 Å². The molecule has 16 heavy (non-hydrogen) atoms. The van der Waals surface area contributed by atoms with Gasteiger partial charge in [-0.1, -0.05) is 25.1 Å². The maximum Gasteiger partial charge on any atom is 0.138 e. The molecule has 0 atom stereocenters. The Balaban J connectivity index is 1.98. The number of benzene rings is 1. The van der Waals surface area contributed by atoms with Gasteiger partial charge < -0.3 is 5.32 Å². The highest BCUT2D eigenvalue weighted by molar-refractivity contribution is 6.64. The van der Waals surface area contributed by atoms with E-state index in [1.807, 2.05) is 0 Å². The van der Waals surface area contributed by atoms with Crippen molar-refractivity contribution in [2.24, 2.45) is 5.92 Å². The standard InChI is InChI=1S/C14H18NSi/c1-16(2)9-8-12-4-3-5-14(10-12)15-11-13-6-7-13/h3-5,10,13,15H,6-7,11H2,1-2H3. The largest absolute Gasteiger partial charge is 0.385 e. The minimum absolute atomic E-state index is 0.442. The van der Waals surface area contributed by atoms with Gasteiger partial charge in [0, 0.05) is 17.8 Å². The molecular formula is C14H18NSi. The highest BCUT2D eigenvalue weighted by atomic mass is 28.3. The first kappa shape index (κ1) is 11.3. The molecule has 1 aromatic rings. The molecule has 1 aromatic carbocycles. The van der Waals surface area contributed by atoms with E-state index in [1.165, 1.54) is 18.5 Å². The van der Waals surface area contributed by atoms with Gasteiger partial charge in [-0.3, -0.25) is 0 Å². The lowest BCUT2D eigenvalue weighted by Gasteiger charge is -2.05. The van der Waals surface area contributed by atoms with Gasteiger partial charge in [0.05, 0.1) is 0 Å². The van der Waals surface area contributed by atoms with Crippen LogP contribution in [0.3, 0.4) is 0 Å². The van der Waals surface area contributed by atoms with Crippen molar-refractivity contribution in [2.75, 3.05) is 11.9 Å². The van der Waals surface area contributed by atoms with Gasteiger partial charge in [0.15, 0.2) is 0 Å². The molecule has 1 aliphatic carbocycles. The number of hydrogen-bond acceptors (Lipinski definition) is 1. The van der Waals surface area contributed by atoms with Crippen molar-refractivity contribution in [1.29, 1.82) is 0 Å². The van der Waals surface area contributed by atoms with Crippen molar-refractivity contribution < 1.29 is 0 Å². The molecule has 1 N–H and O–H groups in total. The molecule has 2 rings (SSSR count). The zero-order valence-corrected chi connectivity index (χ0v) is 11.0. The van der Waals surface area contributed by atoms with Crippen molar-refractivity contribution in [1.82, 2.24) is 0 Å². The summed E-state index contributed by atoms with van der Waals surface area (Å²) in [5.41, 5.74) is 5.63. The van der Waals surface area contributed by atoms with E-state index in [-0.39, 0.29) is 0 Å². The van der Waals surface area contributed by atoms with Gasteiger partial charge in [-0.15, -0.1) is 5.54 Å². The molecule has 0 unspecified atom stereocenters. The summed E-state index contributed by atoms with van der Waals surface area (Å²) in [4.78, 5) is 0. The van der Waals surface area contributed by atoms with Gasteiger partial charge in [0.25, 0.3) is 0 Å². The van der Waals surface area contributed by atoms with Crippen LogP contribution < -0.4 is 5.32 Å². The predicted molar refractivity (Wildman–Crippen MR) is 72.0 cm³/mol. The van der Waals surface area contributed by atoms with Crippen LogP contribution in [-0.4, -0.2) is 15.3 Å². The Kier molecular flexibility index (Phi) is 3.69. The Labute approximate surface area is 99.9 Å². The van der Waals surface area contributed by atoms with Crippen LogP contribution in [0.1, 0.15) is 18.4 Å². The fourth-order valence-electron chi connectivity index (χ4n) is 1.49. The average Bonchev–Trinajstić information content (AvgIpc) is 3.08. The third-order valence-electron chi connectivity index (χ3n) is 2.61. The topological polar surface area (TPSA) is 12.0 Å². The summed E-state index contributed by atoms with van der Waals surface area (Å²) in [6.07, 6.45) is 2.79. The van der Waals surface area contributed by atoms with Crippen molar-refractivity contribution in [3.05, 3.63) is 29.8 Å². The summed E-state index contributed by atoms with van der Waals surface area (Å²) in [7, 11) is -0.442. The molecule has 0 bridgehead atoms. The van der Waals surface area contributed by atoms with Gasteiger partial charge in [-0.2, -0.15) is 0 Å². The lowest BCUT2D eigenvalue weighted by Crippen LogP contribution is -2.02. The third-order valence-corrected chi connectivity index (χ3v) is 3.24. The Morgan fingerprint density at radius 1 is 1.38 bits per heavy atom. The molecule has 83 valence electrons. The van der Waals surface area contributed by atoms with E-state index in [9.17, 15) is 0 Å². The van der Waals surface area contributed by atoms with Crippen molar-refractivity contribution in [3.63, 3.8) is 0 Å². The Hall–Kier alpha value is -1.20. The molecule has 1 saturated carbocycles. The second-order valence-corrected chi connectivity index (χ2v) is 6.91. The molecule has 0 heterocycles. The summed E-state index contributed by atoms with van der Waals surface area (Å²) in [5.74, 6) is 4.16. The van der Waals surface area contributed by atoms with Gasteiger partial charge >= 0.3 is 0 Å². The predicted octanol–water partition coefficient (Wildman–Crippen LogP) is 3.15. The van der Waals surface area contributed by atoms with Crippen LogP contribution in [0.2, 0.25) is 13.1 Å². The molecule has 0 amide bonds. The number of nitrogens with one attached hydrogen (secondary N) is 1. The lowest BCUT2D eigenvalue weighted by atomic mass is 10.2. The maximum atomic E-state index is 3.48. The first-order valence-corrected chi connectivity index (χ1v) is 8.40. The second kappa shape index (κ2) is 5.22. The van der Waals surface area contributed by atoms with E-state index in [0.29, 0.717) is 0 Å². The van der Waals surface area contributed by atoms with Crippen molar-refractivity contribution >= 4 is 14.5 Å². The van der Waals surface area contributed by atoms with E-state index in [0.717, 1.165) is 18.0 Å². The second-order valence-electron chi connectivity index (χ2n) is 4.66. The summed E-state index contributed by atoms with van der Waals surface area (Å²) in [5, 5.41) is 3.48. The van der Waals surface area contributed by atoms with Crippen LogP contribution in [0, 0.1) is 17.4 Å². The van der Waals surface area contributed by atoms with Gasteiger partial charge in [0.1, 0.15) is 8.80 Å². The van der Waals surface area contributed by atoms with Crippen LogP contribution in [0.5, 0.6) is 0 Å². The van der Waals surface area contributed by atoms with Gasteiger partial charge in [-0.25, -0.2) is 0 Å². The van der Waals surface area contributed by atoms with Crippen molar-refractivity contribution in [2.45, 2.75) is 25.9 Å². The SMILES string of the molecule is C[Si](C)C#Cc1cccc(NCC2CC2)c1. The molecular weight excluding hydrogens is 210 g/mol. The van der Waals surface area contributed by atoms with Gasteiger partial charge in [-0.05, 0) is 37.0 Å². The van der Waals surface area contributed by atoms with E-state index >= 15 is 0 Å². The van der Waals surface area contributed by atoms with Crippen molar-refractivity contribution in [3.8, 4) is 11.5 Å². The zero-order valence-electron chi connectivity index (χ0n) is 10.0. The molecule has 1 fully saturated rings. The minimum Gasteiger partial charge on any atom is -0.385 e. The molecule has 0 saturated heterocycles. The maximum absolute atomic E-state index is 3.48. The molecule has 0 aromatic heterocycles. The van der Waals surface area contributed by atoms with E-state index in [4.69, 9.17) is 0 Å². The lowest BCUT2D eigenvalue weighted by molar-refractivity contribution is 0.889. The fraction of sp³-hybridized carbons (Fsp3) is 0.429. The number of anilines is 1. The smallest absolute Gasteiger partial charge is 0.138 e. The molecule has 0 aliphatic heterocycles. The molecule has 1 nitrogen and oxygen atoms in total. The normalized spacial score (nSPS) is 14.4. The molecule has 1 aliphatic rings. The number of rotatable bonds is 3. The highest BCUT2D eigenvalue weighted by Crippen LogP contribution is 2.28. The summed E-state index contributed by atoms with van der Waals surface area (Å²) in [6.45, 7) is 5.55. The van der Waals surface area contributed by atoms with E-state index < -0.39 is 8.80 Å². The quantitative estimate of drug-likeness (QED) is 0.619. The Bertz CT molecular complexity index is 410. The Morgan fingerprint density at radius 2 is 2.19 bits per heavy atom. The molecule has 2 heteroatoms. The molecule has 0 spiro atoms. The highest BCUT2D eigenvalue weighted by Gasteiger charge is 2.20. The van der Waals surface area contributed by atoms with Crippen LogP contribution >= 0.6 is 0 Å². The minimum atomic E-state index is -0.442. The number of hydrogen-bond donors (Lipinski definition) is 1. The third kappa shape index (κ3) is 3.75. The summed E-state index contributed by atoms with van der Waals surface area (Å²) in [6, 6.07) is 8.44. The van der Waals surface area contributed by atoms with Crippen LogP contribution in [-0.2, 0) is 0 Å². The van der Waals surface area contributed by atoms with E-state index in [1.54, 1.807) is 0 Å². The summed E-state index contributed by atoms with van der Waals surface area (Å²) >= 11 is 0. The van der Waals surface area contributed by atoms with Gasteiger partial charge in [0.2, 0.25) is 0 Å². The molecule has 1 radical (unpaired) electrons. The summed E-state index contributed by atoms with van der Waals surface area (Å²) < 4.78 is 0.